The van der Waals surface area contributed by atoms with E-state index in [-0.39, 0.29) is 35.2 Å². The molecule has 36 heavy (non-hydrogen) atoms. The normalized spacial score (nSPS) is 22.7. The van der Waals surface area contributed by atoms with E-state index in [1.165, 1.54) is 6.07 Å². The summed E-state index contributed by atoms with van der Waals surface area (Å²) < 4.78 is 12.5. The van der Waals surface area contributed by atoms with Gasteiger partial charge in [0.2, 0.25) is 0 Å². The van der Waals surface area contributed by atoms with Gasteiger partial charge >= 0.3 is 6.09 Å². The first kappa shape index (κ1) is 25.3. The molecule has 4 rings (SSSR count). The molecule has 0 spiro atoms. The van der Waals surface area contributed by atoms with E-state index in [0.717, 1.165) is 11.3 Å². The van der Waals surface area contributed by atoms with Crippen LogP contribution in [0.25, 0.3) is 0 Å². The predicted octanol–water partition coefficient (Wildman–Crippen LogP) is 3.36. The van der Waals surface area contributed by atoms with Crippen LogP contribution in [0.15, 0.2) is 16.9 Å². The number of carboxylic acid groups (broad SMARTS) is 1. The molecule has 4 N–H and O–H groups in total. The van der Waals surface area contributed by atoms with Gasteiger partial charge in [-0.3, -0.25) is 14.4 Å². The molecule has 1 unspecified atom stereocenters. The van der Waals surface area contributed by atoms with Crippen LogP contribution < -0.4 is 25.7 Å². The first-order chi connectivity index (χ1) is 17.0. The maximum absolute atomic E-state index is 13.1. The standard InChI is InChI=1S/C26H31N3O7/c1-13-9-14(2)28-24(32)20(13)11-27-23(31)19-10-16(12-30)22-21(15(19)3)35-26(4,36-22)17-5-7-18(8-6-17)29-25(33)34/h9-10,12,17-18,29H,5-8,11H2,1-4H3,(H,27,31)(H,28,32)(H,33,34)/t17-,18-,26?. The number of pyridine rings is 1. The van der Waals surface area contributed by atoms with E-state index in [9.17, 15) is 19.2 Å². The number of H-pyrrole nitrogens is 1. The number of amides is 2. The Hall–Kier alpha value is -3.82. The van der Waals surface area contributed by atoms with E-state index in [1.807, 2.05) is 19.9 Å². The summed E-state index contributed by atoms with van der Waals surface area (Å²) in [6, 6.07) is 3.20. The molecule has 10 heteroatoms. The second-order valence-electron chi connectivity index (χ2n) is 9.76. The highest BCUT2D eigenvalue weighted by molar-refractivity contribution is 5.99. The number of carbonyl (C=O) groups is 3. The molecule has 1 fully saturated rings. The second-order valence-corrected chi connectivity index (χ2v) is 9.76. The molecule has 2 aliphatic rings. The summed E-state index contributed by atoms with van der Waals surface area (Å²) in [6.07, 6.45) is 2.27. The molecule has 1 aromatic carbocycles. The molecule has 1 aromatic heterocycles. The van der Waals surface area contributed by atoms with E-state index in [1.54, 1.807) is 13.8 Å². The monoisotopic (exact) mass is 497 g/mol. The van der Waals surface area contributed by atoms with Crippen LogP contribution in [0, 0.1) is 26.7 Å². The summed E-state index contributed by atoms with van der Waals surface area (Å²) in [5.41, 5.74) is 2.72. The molecule has 0 saturated heterocycles. The van der Waals surface area contributed by atoms with Gasteiger partial charge in [-0.05, 0) is 64.2 Å². The Bertz CT molecular complexity index is 1280. The zero-order valence-electron chi connectivity index (χ0n) is 20.8. The van der Waals surface area contributed by atoms with Gasteiger partial charge in [0.05, 0.1) is 5.56 Å². The first-order valence-electron chi connectivity index (χ1n) is 12.0. The SMILES string of the molecule is Cc1cc(C)c(CNC(=O)c2cc(C=O)c3c(c2C)OC(C)([C@H]2CC[C@H](NC(=O)O)CC2)O3)c(=O)[nH]1. The number of nitrogens with one attached hydrogen (secondary N) is 3. The molecule has 2 aromatic rings. The highest BCUT2D eigenvalue weighted by Crippen LogP contribution is 2.49. The summed E-state index contributed by atoms with van der Waals surface area (Å²) in [5.74, 6) is -0.847. The number of aldehydes is 1. The number of carbonyl (C=O) groups excluding carboxylic acids is 2. The summed E-state index contributed by atoms with van der Waals surface area (Å²) in [5, 5.41) is 14.3. The van der Waals surface area contributed by atoms with Crippen LogP contribution in [0.5, 0.6) is 11.5 Å². The fraction of sp³-hybridized carbons (Fsp3) is 0.462. The lowest BCUT2D eigenvalue weighted by Gasteiger charge is -2.37. The minimum Gasteiger partial charge on any atom is -0.465 e. The molecular weight excluding hydrogens is 466 g/mol. The average molecular weight is 498 g/mol. The smallest absolute Gasteiger partial charge is 0.404 e. The molecule has 1 aliphatic carbocycles. The highest BCUT2D eigenvalue weighted by atomic mass is 16.7. The number of fused-ring (bicyclic) bond motifs is 1. The maximum Gasteiger partial charge on any atom is 0.404 e. The van der Waals surface area contributed by atoms with Gasteiger partial charge in [-0.2, -0.15) is 0 Å². The second kappa shape index (κ2) is 9.67. The van der Waals surface area contributed by atoms with Gasteiger partial charge in [0, 0.05) is 47.8 Å². The van der Waals surface area contributed by atoms with Crippen molar-refractivity contribution in [2.45, 2.75) is 71.8 Å². The molecule has 2 heterocycles. The van der Waals surface area contributed by atoms with Crippen molar-refractivity contribution >= 4 is 18.3 Å². The van der Waals surface area contributed by atoms with Gasteiger partial charge in [-0.15, -0.1) is 0 Å². The molecule has 1 saturated carbocycles. The summed E-state index contributed by atoms with van der Waals surface area (Å²) in [4.78, 5) is 51.0. The van der Waals surface area contributed by atoms with E-state index >= 15 is 0 Å². The van der Waals surface area contributed by atoms with Crippen LogP contribution in [0.3, 0.4) is 0 Å². The lowest BCUT2D eigenvalue weighted by Crippen LogP contribution is -2.47. The van der Waals surface area contributed by atoms with E-state index in [4.69, 9.17) is 14.6 Å². The number of benzene rings is 1. The fourth-order valence-corrected chi connectivity index (χ4v) is 5.20. The van der Waals surface area contributed by atoms with Crippen LogP contribution in [-0.4, -0.2) is 40.2 Å². The zero-order chi connectivity index (χ0) is 26.2. The summed E-state index contributed by atoms with van der Waals surface area (Å²) >= 11 is 0. The molecule has 0 radical (unpaired) electrons. The zero-order valence-corrected chi connectivity index (χ0v) is 20.8. The van der Waals surface area contributed by atoms with Gasteiger partial charge in [-0.1, -0.05) is 0 Å². The quantitative estimate of drug-likeness (QED) is 0.448. The minimum atomic E-state index is -1.04. The molecule has 1 aliphatic heterocycles. The Morgan fingerprint density at radius 3 is 2.42 bits per heavy atom. The Kier molecular flexibility index (Phi) is 6.79. The van der Waals surface area contributed by atoms with Crippen molar-refractivity contribution in [3.8, 4) is 11.5 Å². The van der Waals surface area contributed by atoms with Crippen LogP contribution in [0.4, 0.5) is 4.79 Å². The molecule has 1 atom stereocenters. The van der Waals surface area contributed by atoms with Crippen LogP contribution in [-0.2, 0) is 6.54 Å². The van der Waals surface area contributed by atoms with E-state index in [2.05, 4.69) is 15.6 Å². The van der Waals surface area contributed by atoms with Gasteiger partial charge in [-0.25, -0.2) is 4.79 Å². The van der Waals surface area contributed by atoms with Crippen molar-refractivity contribution in [2.24, 2.45) is 5.92 Å². The number of rotatable bonds is 6. The van der Waals surface area contributed by atoms with Gasteiger partial charge < -0.3 is 30.2 Å². The van der Waals surface area contributed by atoms with Gasteiger partial charge in [0.15, 0.2) is 17.8 Å². The third-order valence-corrected chi connectivity index (χ3v) is 7.21. The number of ether oxygens (including phenoxy) is 2. The predicted molar refractivity (Wildman–Crippen MR) is 131 cm³/mol. The third kappa shape index (κ3) is 4.80. The van der Waals surface area contributed by atoms with Crippen LogP contribution >= 0.6 is 0 Å². The Labute approximate surface area is 208 Å². The van der Waals surface area contributed by atoms with Crippen molar-refractivity contribution in [1.29, 1.82) is 0 Å². The van der Waals surface area contributed by atoms with E-state index in [0.29, 0.717) is 54.6 Å². The molecular formula is C26H31N3O7. The maximum atomic E-state index is 13.1. The molecule has 2 amide bonds. The Morgan fingerprint density at radius 1 is 1.14 bits per heavy atom. The summed E-state index contributed by atoms with van der Waals surface area (Å²) in [6.45, 7) is 7.18. The number of aryl methyl sites for hydroxylation is 2. The third-order valence-electron chi connectivity index (χ3n) is 7.21. The van der Waals surface area contributed by atoms with Crippen molar-refractivity contribution in [3.05, 3.63) is 56.0 Å². The molecule has 0 bridgehead atoms. The Morgan fingerprint density at radius 2 is 1.81 bits per heavy atom. The number of hydrogen-bond acceptors (Lipinski definition) is 6. The highest BCUT2D eigenvalue weighted by Gasteiger charge is 2.47. The fourth-order valence-electron chi connectivity index (χ4n) is 5.20. The van der Waals surface area contributed by atoms with E-state index < -0.39 is 17.8 Å². The number of aromatic nitrogens is 1. The van der Waals surface area contributed by atoms with Gasteiger partial charge in [0.1, 0.15) is 0 Å². The molecule has 10 nitrogen and oxygen atoms in total. The van der Waals surface area contributed by atoms with Crippen molar-refractivity contribution in [3.63, 3.8) is 0 Å². The minimum absolute atomic E-state index is 0.0239. The molecule has 192 valence electrons. The number of aromatic amines is 1. The van der Waals surface area contributed by atoms with Crippen molar-refractivity contribution in [1.82, 2.24) is 15.6 Å². The lowest BCUT2D eigenvalue weighted by atomic mass is 9.81. The first-order valence-corrected chi connectivity index (χ1v) is 12.0. The van der Waals surface area contributed by atoms with Crippen molar-refractivity contribution < 1.29 is 29.0 Å². The van der Waals surface area contributed by atoms with Crippen molar-refractivity contribution in [2.75, 3.05) is 0 Å². The lowest BCUT2D eigenvalue weighted by molar-refractivity contribution is -0.121. The summed E-state index contributed by atoms with van der Waals surface area (Å²) in [7, 11) is 0. The Balaban J connectivity index is 1.53. The topological polar surface area (TPSA) is 147 Å². The van der Waals surface area contributed by atoms with Crippen LogP contribution in [0.2, 0.25) is 0 Å². The average Bonchev–Trinajstić information content (AvgIpc) is 3.18. The number of hydrogen-bond donors (Lipinski definition) is 4. The largest absolute Gasteiger partial charge is 0.465 e. The van der Waals surface area contributed by atoms with Gasteiger partial charge in [0.25, 0.3) is 17.3 Å². The van der Waals surface area contributed by atoms with Crippen LogP contribution in [0.1, 0.15) is 75.7 Å².